The number of benzene rings is 1. The molecule has 2 aromatic rings. The Morgan fingerprint density at radius 2 is 2.14 bits per heavy atom. The molecule has 1 fully saturated rings. The fourth-order valence-electron chi connectivity index (χ4n) is 2.57. The minimum absolute atomic E-state index is 0.0957. The summed E-state index contributed by atoms with van der Waals surface area (Å²) in [4.78, 5) is 4.84. The second kappa shape index (κ2) is 6.24. The summed E-state index contributed by atoms with van der Waals surface area (Å²) in [5.74, 6) is 0.966. The van der Waals surface area contributed by atoms with E-state index in [4.69, 9.17) is 0 Å². The van der Waals surface area contributed by atoms with Crippen LogP contribution in [0, 0.1) is 0 Å². The van der Waals surface area contributed by atoms with E-state index in [9.17, 15) is 8.42 Å². The van der Waals surface area contributed by atoms with E-state index in [0.29, 0.717) is 4.90 Å². The monoisotopic (exact) mass is 342 g/mol. The van der Waals surface area contributed by atoms with Crippen molar-refractivity contribution in [2.75, 3.05) is 5.75 Å². The summed E-state index contributed by atoms with van der Waals surface area (Å²) in [5.41, 5.74) is 0.871. The highest BCUT2D eigenvalue weighted by Gasteiger charge is 2.23. The van der Waals surface area contributed by atoms with E-state index in [2.05, 4.69) is 16.6 Å². The molecule has 3 rings (SSSR count). The molecule has 0 amide bonds. The summed E-state index contributed by atoms with van der Waals surface area (Å²) in [6.45, 7) is 2.08. The molecule has 1 saturated carbocycles. The van der Waals surface area contributed by atoms with Crippen LogP contribution in [0.4, 0.5) is 0 Å². The summed E-state index contributed by atoms with van der Waals surface area (Å²) in [5, 5.41) is 0. The van der Waals surface area contributed by atoms with Crippen LogP contribution in [-0.2, 0) is 10.0 Å². The number of hydrogen-bond donors (Lipinski definition) is 1. The van der Waals surface area contributed by atoms with E-state index in [1.54, 1.807) is 41.3 Å². The van der Waals surface area contributed by atoms with Gasteiger partial charge in [0.15, 0.2) is 4.34 Å². The van der Waals surface area contributed by atoms with Crippen LogP contribution in [0.2, 0.25) is 0 Å². The van der Waals surface area contributed by atoms with Crippen molar-refractivity contribution in [3.63, 3.8) is 0 Å². The molecular formula is C14H18N2O2S3. The summed E-state index contributed by atoms with van der Waals surface area (Å²) in [7, 11) is -3.42. The van der Waals surface area contributed by atoms with Gasteiger partial charge in [0.25, 0.3) is 0 Å². The van der Waals surface area contributed by atoms with E-state index in [1.807, 2.05) is 0 Å². The first kappa shape index (κ1) is 15.3. The molecule has 0 aliphatic heterocycles. The third-order valence-corrected chi connectivity index (χ3v) is 7.16. The number of fused-ring (bicyclic) bond motifs is 1. The zero-order valence-corrected chi connectivity index (χ0v) is 14.3. The molecule has 1 aromatic carbocycles. The second-order valence-corrected chi connectivity index (χ2v) is 9.40. The largest absolute Gasteiger partial charge is 0.240 e. The predicted octanol–water partition coefficient (Wildman–Crippen LogP) is 3.63. The van der Waals surface area contributed by atoms with Gasteiger partial charge in [0.05, 0.1) is 15.1 Å². The van der Waals surface area contributed by atoms with Crippen molar-refractivity contribution >= 4 is 43.3 Å². The molecule has 114 valence electrons. The maximum Gasteiger partial charge on any atom is 0.240 e. The zero-order valence-electron chi connectivity index (χ0n) is 11.8. The first-order valence-electron chi connectivity index (χ1n) is 7.14. The Morgan fingerprint density at radius 1 is 1.38 bits per heavy atom. The molecule has 1 aliphatic carbocycles. The topological polar surface area (TPSA) is 59.1 Å². The molecule has 0 bridgehead atoms. The van der Waals surface area contributed by atoms with Crippen LogP contribution in [0.25, 0.3) is 10.2 Å². The van der Waals surface area contributed by atoms with Crippen LogP contribution in [0.5, 0.6) is 0 Å². The van der Waals surface area contributed by atoms with Gasteiger partial charge < -0.3 is 0 Å². The zero-order chi connectivity index (χ0) is 14.9. The lowest BCUT2D eigenvalue weighted by Crippen LogP contribution is -2.32. The minimum atomic E-state index is -3.42. The van der Waals surface area contributed by atoms with Crippen molar-refractivity contribution in [1.29, 1.82) is 0 Å². The highest BCUT2D eigenvalue weighted by atomic mass is 32.2. The van der Waals surface area contributed by atoms with Gasteiger partial charge in [-0.3, -0.25) is 0 Å². The number of sulfonamides is 1. The molecule has 1 heterocycles. The van der Waals surface area contributed by atoms with E-state index in [0.717, 1.165) is 46.0 Å². The second-order valence-electron chi connectivity index (χ2n) is 5.14. The molecule has 0 spiro atoms. The predicted molar refractivity (Wildman–Crippen MR) is 88.6 cm³/mol. The average Bonchev–Trinajstić information content (AvgIpc) is 3.06. The van der Waals surface area contributed by atoms with E-state index < -0.39 is 10.0 Å². The summed E-state index contributed by atoms with van der Waals surface area (Å²) in [6.07, 6.45) is 4.11. The van der Waals surface area contributed by atoms with Gasteiger partial charge in [-0.2, -0.15) is 0 Å². The van der Waals surface area contributed by atoms with Gasteiger partial charge in [0.2, 0.25) is 10.0 Å². The molecule has 1 aliphatic rings. The fourth-order valence-corrected chi connectivity index (χ4v) is 5.98. The Balaban J connectivity index is 1.88. The van der Waals surface area contributed by atoms with Gasteiger partial charge in [-0.15, -0.1) is 11.3 Å². The molecule has 0 atom stereocenters. The molecule has 0 radical (unpaired) electrons. The van der Waals surface area contributed by atoms with Gasteiger partial charge >= 0.3 is 0 Å². The van der Waals surface area contributed by atoms with Gasteiger partial charge in [-0.25, -0.2) is 18.1 Å². The van der Waals surface area contributed by atoms with E-state index in [-0.39, 0.29) is 6.04 Å². The lowest BCUT2D eigenvalue weighted by Gasteiger charge is -2.12. The molecule has 0 saturated heterocycles. The van der Waals surface area contributed by atoms with Crippen molar-refractivity contribution in [2.24, 2.45) is 0 Å². The van der Waals surface area contributed by atoms with Crippen molar-refractivity contribution in [2.45, 2.75) is 47.9 Å². The standard InChI is InChI=1S/C14H18N2O2S3/c1-2-19-14-15-12-8-7-11(9-13(12)20-14)21(17,18)16-10-5-3-4-6-10/h7-10,16H,2-6H2,1H3. The maximum atomic E-state index is 12.4. The quantitative estimate of drug-likeness (QED) is 0.843. The number of aromatic nitrogens is 1. The summed E-state index contributed by atoms with van der Waals surface area (Å²) < 4.78 is 29.6. The number of hydrogen-bond acceptors (Lipinski definition) is 5. The highest BCUT2D eigenvalue weighted by molar-refractivity contribution is 8.01. The van der Waals surface area contributed by atoms with Crippen LogP contribution in [0.15, 0.2) is 27.4 Å². The number of rotatable bonds is 5. The van der Waals surface area contributed by atoms with Crippen LogP contribution in [0.1, 0.15) is 32.6 Å². The minimum Gasteiger partial charge on any atom is -0.230 e. The Kier molecular flexibility index (Phi) is 4.54. The van der Waals surface area contributed by atoms with Gasteiger partial charge in [-0.05, 0) is 36.8 Å². The van der Waals surface area contributed by atoms with Crippen molar-refractivity contribution in [1.82, 2.24) is 9.71 Å². The highest BCUT2D eigenvalue weighted by Crippen LogP contribution is 2.31. The smallest absolute Gasteiger partial charge is 0.230 e. The third-order valence-electron chi connectivity index (χ3n) is 3.60. The van der Waals surface area contributed by atoms with E-state index >= 15 is 0 Å². The SMILES string of the molecule is CCSc1nc2ccc(S(=O)(=O)NC3CCCC3)cc2s1. The van der Waals surface area contributed by atoms with Crippen molar-refractivity contribution < 1.29 is 8.42 Å². The summed E-state index contributed by atoms with van der Waals surface area (Å²) in [6, 6.07) is 5.29. The van der Waals surface area contributed by atoms with Crippen molar-refractivity contribution in [3.05, 3.63) is 18.2 Å². The first-order chi connectivity index (χ1) is 10.1. The molecule has 7 heteroatoms. The van der Waals surface area contributed by atoms with Crippen LogP contribution in [-0.4, -0.2) is 25.2 Å². The lowest BCUT2D eigenvalue weighted by molar-refractivity contribution is 0.552. The summed E-state index contributed by atoms with van der Waals surface area (Å²) >= 11 is 3.24. The Bertz CT molecular complexity index is 734. The molecular weight excluding hydrogens is 324 g/mol. The number of nitrogens with one attached hydrogen (secondary N) is 1. The Labute approximate surface area is 133 Å². The number of thioether (sulfide) groups is 1. The van der Waals surface area contributed by atoms with Crippen LogP contribution >= 0.6 is 23.1 Å². The van der Waals surface area contributed by atoms with Crippen molar-refractivity contribution in [3.8, 4) is 0 Å². The van der Waals surface area contributed by atoms with Gasteiger partial charge in [0, 0.05) is 6.04 Å². The lowest BCUT2D eigenvalue weighted by atomic mass is 10.3. The average molecular weight is 343 g/mol. The number of thiazole rings is 1. The Morgan fingerprint density at radius 3 is 2.86 bits per heavy atom. The molecule has 1 N–H and O–H groups in total. The Hall–Kier alpha value is -0.630. The number of nitrogens with zero attached hydrogens (tertiary/aromatic N) is 1. The maximum absolute atomic E-state index is 12.4. The fraction of sp³-hybridized carbons (Fsp3) is 0.500. The first-order valence-corrected chi connectivity index (χ1v) is 10.4. The van der Waals surface area contributed by atoms with E-state index in [1.165, 1.54) is 0 Å². The molecule has 0 unspecified atom stereocenters. The molecule has 21 heavy (non-hydrogen) atoms. The normalized spacial score (nSPS) is 16.8. The van der Waals surface area contributed by atoms with Gasteiger partial charge in [-0.1, -0.05) is 31.5 Å². The molecule has 1 aromatic heterocycles. The van der Waals surface area contributed by atoms with Crippen LogP contribution in [0.3, 0.4) is 0 Å². The van der Waals surface area contributed by atoms with Crippen LogP contribution < -0.4 is 4.72 Å². The molecule has 4 nitrogen and oxygen atoms in total. The van der Waals surface area contributed by atoms with Gasteiger partial charge in [0.1, 0.15) is 0 Å². The third kappa shape index (κ3) is 3.41.